The number of hydrogen-bond donors (Lipinski definition) is 1. The van der Waals surface area contributed by atoms with Crippen molar-refractivity contribution in [2.75, 3.05) is 18.4 Å². The number of para-hydroxylation sites is 1. The van der Waals surface area contributed by atoms with Crippen molar-refractivity contribution in [3.8, 4) is 0 Å². The van der Waals surface area contributed by atoms with Crippen LogP contribution in [0.3, 0.4) is 0 Å². The Morgan fingerprint density at radius 3 is 2.45 bits per heavy atom. The molecule has 0 bridgehead atoms. The highest BCUT2D eigenvalue weighted by Crippen LogP contribution is 2.18. The first-order chi connectivity index (χ1) is 9.59. The lowest BCUT2D eigenvalue weighted by Gasteiger charge is -2.30. The van der Waals surface area contributed by atoms with Gasteiger partial charge in [-0.2, -0.15) is 0 Å². The van der Waals surface area contributed by atoms with Crippen LogP contribution in [0.15, 0.2) is 30.6 Å². The summed E-state index contributed by atoms with van der Waals surface area (Å²) >= 11 is 0. The van der Waals surface area contributed by atoms with E-state index in [0.717, 1.165) is 29.8 Å². The van der Waals surface area contributed by atoms with Gasteiger partial charge in [0.05, 0.1) is 5.52 Å². The van der Waals surface area contributed by atoms with Crippen LogP contribution in [0.1, 0.15) is 27.7 Å². The average Bonchev–Trinajstić information content (AvgIpc) is 2.42. The summed E-state index contributed by atoms with van der Waals surface area (Å²) in [6.45, 7) is 10.8. The zero-order chi connectivity index (χ0) is 14.5. The Morgan fingerprint density at radius 2 is 1.75 bits per heavy atom. The van der Waals surface area contributed by atoms with E-state index in [0.29, 0.717) is 12.1 Å². The van der Waals surface area contributed by atoms with Gasteiger partial charge in [-0.15, -0.1) is 0 Å². The van der Waals surface area contributed by atoms with E-state index in [1.165, 1.54) is 0 Å². The third kappa shape index (κ3) is 3.45. The van der Waals surface area contributed by atoms with E-state index in [9.17, 15) is 0 Å². The van der Waals surface area contributed by atoms with Crippen molar-refractivity contribution in [2.24, 2.45) is 0 Å². The predicted octanol–water partition coefficient (Wildman–Crippen LogP) is 3.16. The van der Waals surface area contributed by atoms with E-state index in [1.54, 1.807) is 6.33 Å². The highest BCUT2D eigenvalue weighted by molar-refractivity contribution is 5.88. The lowest BCUT2D eigenvalue weighted by molar-refractivity contribution is 0.182. The van der Waals surface area contributed by atoms with Gasteiger partial charge in [0, 0.05) is 30.6 Å². The van der Waals surface area contributed by atoms with Crippen molar-refractivity contribution in [2.45, 2.75) is 39.8 Å². The van der Waals surface area contributed by atoms with Crippen LogP contribution in [-0.4, -0.2) is 40.0 Å². The van der Waals surface area contributed by atoms with Gasteiger partial charge < -0.3 is 5.32 Å². The second kappa shape index (κ2) is 6.66. The van der Waals surface area contributed by atoms with Crippen LogP contribution >= 0.6 is 0 Å². The molecule has 4 nitrogen and oxygen atoms in total. The monoisotopic (exact) mass is 272 g/mol. The molecule has 0 fully saturated rings. The van der Waals surface area contributed by atoms with Gasteiger partial charge in [-0.1, -0.05) is 12.1 Å². The zero-order valence-electron chi connectivity index (χ0n) is 12.8. The largest absolute Gasteiger partial charge is 0.368 e. The molecule has 20 heavy (non-hydrogen) atoms. The molecule has 4 heteroatoms. The molecule has 1 heterocycles. The molecule has 0 aliphatic carbocycles. The summed E-state index contributed by atoms with van der Waals surface area (Å²) in [6.07, 6.45) is 1.62. The van der Waals surface area contributed by atoms with Gasteiger partial charge in [0.25, 0.3) is 0 Å². The van der Waals surface area contributed by atoms with Crippen molar-refractivity contribution in [3.05, 3.63) is 30.6 Å². The number of hydrogen-bond acceptors (Lipinski definition) is 4. The molecule has 1 N–H and O–H groups in total. The molecule has 0 amide bonds. The Bertz CT molecular complexity index is 538. The highest BCUT2D eigenvalue weighted by atomic mass is 15.2. The van der Waals surface area contributed by atoms with Crippen LogP contribution in [-0.2, 0) is 0 Å². The van der Waals surface area contributed by atoms with Crippen LogP contribution in [0.2, 0.25) is 0 Å². The first kappa shape index (κ1) is 14.7. The molecule has 0 atom stereocenters. The molecule has 0 saturated carbocycles. The van der Waals surface area contributed by atoms with Gasteiger partial charge in [0.1, 0.15) is 12.1 Å². The minimum absolute atomic E-state index is 0.555. The highest BCUT2D eigenvalue weighted by Gasteiger charge is 2.12. The SMILES string of the molecule is CC(C)N(CCNc1ncnc2ccccc12)C(C)C. The number of aromatic nitrogens is 2. The minimum Gasteiger partial charge on any atom is -0.368 e. The summed E-state index contributed by atoms with van der Waals surface area (Å²) in [5.74, 6) is 0.920. The summed E-state index contributed by atoms with van der Waals surface area (Å²) in [4.78, 5) is 11.1. The maximum absolute atomic E-state index is 4.35. The van der Waals surface area contributed by atoms with Crippen LogP contribution in [0.4, 0.5) is 5.82 Å². The van der Waals surface area contributed by atoms with Crippen molar-refractivity contribution < 1.29 is 0 Å². The first-order valence-corrected chi connectivity index (χ1v) is 7.29. The molecule has 1 aromatic heterocycles. The van der Waals surface area contributed by atoms with Crippen LogP contribution in [0.25, 0.3) is 10.9 Å². The number of fused-ring (bicyclic) bond motifs is 1. The van der Waals surface area contributed by atoms with Crippen LogP contribution in [0.5, 0.6) is 0 Å². The van der Waals surface area contributed by atoms with E-state index in [-0.39, 0.29) is 0 Å². The van der Waals surface area contributed by atoms with Gasteiger partial charge in [0.2, 0.25) is 0 Å². The maximum Gasteiger partial charge on any atom is 0.137 e. The Morgan fingerprint density at radius 1 is 1.05 bits per heavy atom. The minimum atomic E-state index is 0.555. The first-order valence-electron chi connectivity index (χ1n) is 7.29. The summed E-state index contributed by atoms with van der Waals surface area (Å²) in [7, 11) is 0. The van der Waals surface area contributed by atoms with Crippen molar-refractivity contribution >= 4 is 16.7 Å². The molecule has 0 spiro atoms. The van der Waals surface area contributed by atoms with Crippen molar-refractivity contribution in [1.82, 2.24) is 14.9 Å². The summed E-state index contributed by atoms with van der Waals surface area (Å²) in [6, 6.07) is 9.19. The lowest BCUT2D eigenvalue weighted by Crippen LogP contribution is -2.40. The van der Waals surface area contributed by atoms with E-state index in [1.807, 2.05) is 18.2 Å². The smallest absolute Gasteiger partial charge is 0.137 e. The Balaban J connectivity index is 2.03. The second-order valence-corrected chi connectivity index (χ2v) is 5.59. The standard InChI is InChI=1S/C16H24N4/c1-12(2)20(13(3)4)10-9-17-16-14-7-5-6-8-15(14)18-11-19-16/h5-8,11-13H,9-10H2,1-4H3,(H,17,18,19). The van der Waals surface area contributed by atoms with E-state index < -0.39 is 0 Å². The van der Waals surface area contributed by atoms with Gasteiger partial charge in [-0.05, 0) is 39.8 Å². The van der Waals surface area contributed by atoms with Crippen LogP contribution in [0, 0.1) is 0 Å². The zero-order valence-corrected chi connectivity index (χ0v) is 12.8. The fourth-order valence-corrected chi connectivity index (χ4v) is 2.56. The molecular formula is C16H24N4. The van der Waals surface area contributed by atoms with E-state index >= 15 is 0 Å². The Hall–Kier alpha value is -1.68. The lowest BCUT2D eigenvalue weighted by atomic mass is 10.2. The molecule has 0 aliphatic heterocycles. The quantitative estimate of drug-likeness (QED) is 0.877. The molecule has 2 rings (SSSR count). The number of rotatable bonds is 6. The van der Waals surface area contributed by atoms with Crippen molar-refractivity contribution in [3.63, 3.8) is 0 Å². The van der Waals surface area contributed by atoms with E-state index in [2.05, 4.69) is 53.9 Å². The summed E-state index contributed by atoms with van der Waals surface area (Å²) in [5.41, 5.74) is 0.981. The number of benzene rings is 1. The second-order valence-electron chi connectivity index (χ2n) is 5.59. The molecule has 0 unspecified atom stereocenters. The van der Waals surface area contributed by atoms with Crippen LogP contribution < -0.4 is 5.32 Å². The molecular weight excluding hydrogens is 248 g/mol. The fourth-order valence-electron chi connectivity index (χ4n) is 2.56. The molecule has 0 aliphatic rings. The fraction of sp³-hybridized carbons (Fsp3) is 0.500. The topological polar surface area (TPSA) is 41.0 Å². The maximum atomic E-state index is 4.35. The summed E-state index contributed by atoms with van der Waals surface area (Å²) in [5, 5.41) is 4.51. The molecule has 108 valence electrons. The summed E-state index contributed by atoms with van der Waals surface area (Å²) < 4.78 is 0. The number of nitrogens with one attached hydrogen (secondary N) is 1. The molecule has 2 aromatic rings. The molecule has 1 aromatic carbocycles. The Labute approximate surface area is 121 Å². The third-order valence-corrected chi connectivity index (χ3v) is 3.53. The molecule has 0 radical (unpaired) electrons. The molecule has 0 saturated heterocycles. The predicted molar refractivity (Wildman–Crippen MR) is 85.0 cm³/mol. The third-order valence-electron chi connectivity index (χ3n) is 3.53. The van der Waals surface area contributed by atoms with Gasteiger partial charge in [-0.3, -0.25) is 4.90 Å². The normalized spacial score (nSPS) is 11.8. The van der Waals surface area contributed by atoms with E-state index in [4.69, 9.17) is 0 Å². The van der Waals surface area contributed by atoms with Gasteiger partial charge >= 0.3 is 0 Å². The number of nitrogens with zero attached hydrogens (tertiary/aromatic N) is 3. The number of anilines is 1. The Kier molecular flexibility index (Phi) is 4.90. The van der Waals surface area contributed by atoms with Gasteiger partial charge in [0.15, 0.2) is 0 Å². The van der Waals surface area contributed by atoms with Gasteiger partial charge in [-0.25, -0.2) is 9.97 Å². The van der Waals surface area contributed by atoms with Crippen molar-refractivity contribution in [1.29, 1.82) is 0 Å². The average molecular weight is 272 g/mol.